The zero-order chi connectivity index (χ0) is 22.9. The molecule has 10 heteroatoms. The molecule has 3 rings (SSSR count). The average Bonchev–Trinajstić information content (AvgIpc) is 2.70. The molecule has 0 spiro atoms. The van der Waals surface area contributed by atoms with Gasteiger partial charge >= 0.3 is 0 Å². The number of carbonyl (C=O) groups excluding carboxylic acids is 1. The van der Waals surface area contributed by atoms with Crippen LogP contribution in [0.4, 0.5) is 13.2 Å². The van der Waals surface area contributed by atoms with Crippen molar-refractivity contribution in [2.45, 2.75) is 13.0 Å². The molecule has 0 aliphatic heterocycles. The van der Waals surface area contributed by atoms with Crippen LogP contribution in [0.5, 0.6) is 0 Å². The normalized spacial score (nSPS) is 13.1. The molecule has 2 unspecified atom stereocenters. The van der Waals surface area contributed by atoms with Gasteiger partial charge in [-0.15, -0.1) is 0 Å². The first kappa shape index (κ1) is 22.6. The van der Waals surface area contributed by atoms with E-state index < -0.39 is 46.1 Å². The van der Waals surface area contributed by atoms with E-state index >= 15 is 0 Å². The molecule has 6 nitrogen and oxygen atoms in total. The van der Waals surface area contributed by atoms with Crippen molar-refractivity contribution < 1.29 is 26.7 Å². The predicted octanol–water partition coefficient (Wildman–Crippen LogP) is 3.15. The van der Waals surface area contributed by atoms with Crippen LogP contribution in [0.15, 0.2) is 53.5 Å². The van der Waals surface area contributed by atoms with Crippen molar-refractivity contribution in [2.75, 3.05) is 0 Å². The van der Waals surface area contributed by atoms with E-state index in [9.17, 15) is 31.5 Å². The van der Waals surface area contributed by atoms with Crippen LogP contribution in [-0.2, 0) is 18.3 Å². The number of pyridine rings is 1. The summed E-state index contributed by atoms with van der Waals surface area (Å²) in [6, 6.07) is 6.23. The van der Waals surface area contributed by atoms with Gasteiger partial charge in [-0.2, -0.15) is 0 Å². The fourth-order valence-corrected chi connectivity index (χ4v) is 3.52. The van der Waals surface area contributed by atoms with Gasteiger partial charge in [-0.25, -0.2) is 17.9 Å². The van der Waals surface area contributed by atoms with Crippen LogP contribution in [0, 0.1) is 17.5 Å². The first-order chi connectivity index (χ1) is 14.6. The van der Waals surface area contributed by atoms with E-state index in [-0.39, 0.29) is 27.8 Å². The van der Waals surface area contributed by atoms with Crippen molar-refractivity contribution in [3.63, 3.8) is 0 Å². The molecule has 1 heterocycles. The Morgan fingerprint density at radius 3 is 2.32 bits per heavy atom. The number of ketones is 1. The van der Waals surface area contributed by atoms with Crippen molar-refractivity contribution in [2.24, 2.45) is 7.05 Å². The number of hydrogen-bond acceptors (Lipinski definition) is 4. The predicted molar refractivity (Wildman–Crippen MR) is 107 cm³/mol. The monoisotopic (exact) mass is 449 g/mol. The van der Waals surface area contributed by atoms with E-state index in [1.807, 2.05) is 0 Å². The number of benzene rings is 2. The highest BCUT2D eigenvalue weighted by atomic mass is 32.2. The minimum atomic E-state index is -2.70. The number of nitrogens with zero attached hydrogens (tertiary/aromatic N) is 1. The van der Waals surface area contributed by atoms with E-state index in [0.717, 1.165) is 41.1 Å². The van der Waals surface area contributed by atoms with E-state index in [4.69, 9.17) is 0 Å². The third kappa shape index (κ3) is 4.82. The second-order valence-corrected chi connectivity index (χ2v) is 7.52. The zero-order valence-electron chi connectivity index (χ0n) is 16.3. The Balaban J connectivity index is 2.27. The zero-order valence-corrected chi connectivity index (χ0v) is 17.1. The quantitative estimate of drug-likeness (QED) is 0.462. The van der Waals surface area contributed by atoms with E-state index in [1.54, 1.807) is 0 Å². The van der Waals surface area contributed by atoms with Crippen LogP contribution in [-0.4, -0.2) is 19.1 Å². The van der Waals surface area contributed by atoms with Crippen molar-refractivity contribution in [1.82, 2.24) is 9.29 Å². The molecule has 0 bridgehead atoms. The Labute approximate surface area is 177 Å². The number of halogens is 3. The van der Waals surface area contributed by atoms with Crippen molar-refractivity contribution in [3.8, 4) is 11.1 Å². The summed E-state index contributed by atoms with van der Waals surface area (Å²) in [5.74, 6) is -3.12. The van der Waals surface area contributed by atoms with Crippen LogP contribution in [0.25, 0.3) is 11.1 Å². The Morgan fingerprint density at radius 2 is 1.71 bits per heavy atom. The SMILES string of the molecule is CC(NS(=O)[O-])c1cc(-c2cn(C)c(=O)cc2F)c(C(=O)c2ccc(F)cc2)cc1F. The average molecular weight is 449 g/mol. The summed E-state index contributed by atoms with van der Waals surface area (Å²) in [5, 5.41) is 0. The smallest absolute Gasteiger partial charge is 0.253 e. The van der Waals surface area contributed by atoms with Crippen LogP contribution in [0.2, 0.25) is 0 Å². The van der Waals surface area contributed by atoms with E-state index in [1.165, 1.54) is 26.1 Å². The molecule has 0 saturated carbocycles. The third-order valence-electron chi connectivity index (χ3n) is 4.70. The lowest BCUT2D eigenvalue weighted by molar-refractivity contribution is 0.103. The van der Waals surface area contributed by atoms with E-state index in [0.29, 0.717) is 0 Å². The van der Waals surface area contributed by atoms with Crippen LogP contribution in [0.3, 0.4) is 0 Å². The first-order valence-corrected chi connectivity index (χ1v) is 10.0. The number of nitrogens with one attached hydrogen (secondary N) is 1. The number of aromatic nitrogens is 1. The topological polar surface area (TPSA) is 91.2 Å². The summed E-state index contributed by atoms with van der Waals surface area (Å²) in [7, 11) is 1.38. The summed E-state index contributed by atoms with van der Waals surface area (Å²) in [6.07, 6.45) is 1.15. The highest BCUT2D eigenvalue weighted by molar-refractivity contribution is 7.77. The molecule has 0 fully saturated rings. The highest BCUT2D eigenvalue weighted by Crippen LogP contribution is 2.32. The van der Waals surface area contributed by atoms with Gasteiger partial charge in [0.2, 0.25) is 0 Å². The maximum atomic E-state index is 14.8. The first-order valence-electron chi connectivity index (χ1n) is 8.94. The van der Waals surface area contributed by atoms with Gasteiger partial charge in [-0.05, 0) is 48.9 Å². The molecule has 0 amide bonds. The number of rotatable bonds is 6. The molecule has 0 aliphatic carbocycles. The van der Waals surface area contributed by atoms with Crippen molar-refractivity contribution >= 4 is 17.0 Å². The van der Waals surface area contributed by atoms with Crippen LogP contribution >= 0.6 is 0 Å². The van der Waals surface area contributed by atoms with E-state index in [2.05, 4.69) is 4.72 Å². The fraction of sp³-hybridized carbons (Fsp3) is 0.143. The minimum Gasteiger partial charge on any atom is -0.760 e. The molecular weight excluding hydrogens is 433 g/mol. The standard InChI is InChI=1S/C21H17F3N2O4S/c1-11(25-31(29)30)14-7-15(17-10-26(2)20(27)9-19(17)24)16(8-18(14)23)21(28)12-3-5-13(22)6-4-12/h3-11,25H,1-2H3,(H,29,30)/p-1. The highest BCUT2D eigenvalue weighted by Gasteiger charge is 2.23. The second kappa shape index (κ2) is 8.96. The lowest BCUT2D eigenvalue weighted by Crippen LogP contribution is -2.22. The third-order valence-corrected chi connectivity index (χ3v) is 5.24. The van der Waals surface area contributed by atoms with Gasteiger partial charge in [0.05, 0.1) is 0 Å². The summed E-state index contributed by atoms with van der Waals surface area (Å²) < 4.78 is 67.8. The summed E-state index contributed by atoms with van der Waals surface area (Å²) in [4.78, 5) is 24.8. The maximum absolute atomic E-state index is 14.8. The lowest BCUT2D eigenvalue weighted by atomic mass is 9.91. The molecule has 31 heavy (non-hydrogen) atoms. The number of carbonyl (C=O) groups is 1. The second-order valence-electron chi connectivity index (χ2n) is 6.81. The van der Waals surface area contributed by atoms with Crippen molar-refractivity contribution in [3.05, 3.63) is 93.2 Å². The fourth-order valence-electron chi connectivity index (χ4n) is 3.10. The maximum Gasteiger partial charge on any atom is 0.253 e. The Morgan fingerprint density at radius 1 is 1.06 bits per heavy atom. The molecule has 162 valence electrons. The summed E-state index contributed by atoms with van der Waals surface area (Å²) in [5.41, 5.74) is -1.18. The molecule has 2 aromatic carbocycles. The summed E-state index contributed by atoms with van der Waals surface area (Å²) >= 11 is -2.70. The van der Waals surface area contributed by atoms with Crippen LogP contribution < -0.4 is 10.3 Å². The van der Waals surface area contributed by atoms with Crippen LogP contribution in [0.1, 0.15) is 34.5 Å². The molecular formula is C21H16F3N2O4S-. The minimum absolute atomic E-state index is 0.0341. The Bertz CT molecular complexity index is 1240. The van der Waals surface area contributed by atoms with Gasteiger partial charge in [0.1, 0.15) is 17.5 Å². The summed E-state index contributed by atoms with van der Waals surface area (Å²) in [6.45, 7) is 1.37. The molecule has 0 radical (unpaired) electrons. The molecule has 3 aromatic rings. The Hall–Kier alpha value is -3.08. The van der Waals surface area contributed by atoms with Gasteiger partial charge in [0.15, 0.2) is 5.78 Å². The molecule has 1 aromatic heterocycles. The number of aryl methyl sites for hydroxylation is 1. The molecule has 1 N–H and O–H groups in total. The molecule has 2 atom stereocenters. The molecule has 0 saturated heterocycles. The number of hydrogen-bond donors (Lipinski definition) is 1. The van der Waals surface area contributed by atoms with Gasteiger partial charge in [0.25, 0.3) is 5.56 Å². The van der Waals surface area contributed by atoms with Gasteiger partial charge in [-0.1, -0.05) is 0 Å². The van der Waals surface area contributed by atoms with Gasteiger partial charge in [-0.3, -0.25) is 13.8 Å². The lowest BCUT2D eigenvalue weighted by Gasteiger charge is -2.19. The Kier molecular flexibility index (Phi) is 6.54. The molecule has 0 aliphatic rings. The largest absolute Gasteiger partial charge is 0.760 e. The van der Waals surface area contributed by atoms with Gasteiger partial charge in [0, 0.05) is 58.9 Å². The van der Waals surface area contributed by atoms with Gasteiger partial charge < -0.3 is 9.12 Å². The van der Waals surface area contributed by atoms with Crippen molar-refractivity contribution in [1.29, 1.82) is 0 Å².